The van der Waals surface area contributed by atoms with E-state index in [0.717, 1.165) is 18.4 Å². The lowest BCUT2D eigenvalue weighted by Crippen LogP contribution is -2.16. The van der Waals surface area contributed by atoms with E-state index >= 15 is 0 Å². The lowest BCUT2D eigenvalue weighted by Gasteiger charge is -2.17. The van der Waals surface area contributed by atoms with Crippen LogP contribution in [0, 0.1) is 0 Å². The van der Waals surface area contributed by atoms with Gasteiger partial charge in [-0.3, -0.25) is 0 Å². The van der Waals surface area contributed by atoms with Gasteiger partial charge in [0.05, 0.1) is 5.69 Å². The number of nitrogens with zero attached hydrogens (tertiary/aromatic N) is 4. The molecule has 1 fully saturated rings. The summed E-state index contributed by atoms with van der Waals surface area (Å²) < 4.78 is 40.5. The topological polar surface area (TPSA) is 34.0 Å². The van der Waals surface area contributed by atoms with Crippen LogP contribution in [0.1, 0.15) is 55.5 Å². The SMILES string of the molecule is CC(C)c1ccc(-n2nc(C(F)(F)F)nc2N(C)C)c(C2CC2)c1. The molecule has 1 aromatic heterocycles. The fourth-order valence-corrected chi connectivity index (χ4v) is 2.72. The highest BCUT2D eigenvalue weighted by Crippen LogP contribution is 2.44. The van der Waals surface area contributed by atoms with Crippen molar-refractivity contribution in [3.63, 3.8) is 0 Å². The maximum atomic E-state index is 13.0. The first-order valence-electron chi connectivity index (χ1n) is 8.04. The van der Waals surface area contributed by atoms with Crippen molar-refractivity contribution < 1.29 is 13.2 Å². The molecule has 0 spiro atoms. The summed E-state index contributed by atoms with van der Waals surface area (Å²) in [6, 6.07) is 5.93. The summed E-state index contributed by atoms with van der Waals surface area (Å²) in [5.41, 5.74) is 2.93. The lowest BCUT2D eigenvalue weighted by atomic mass is 9.97. The number of anilines is 1. The van der Waals surface area contributed by atoms with E-state index in [1.54, 1.807) is 19.0 Å². The average Bonchev–Trinajstić information content (AvgIpc) is 3.22. The van der Waals surface area contributed by atoms with Crippen LogP contribution in [0.15, 0.2) is 18.2 Å². The Labute approximate surface area is 139 Å². The molecule has 7 heteroatoms. The highest BCUT2D eigenvalue weighted by Gasteiger charge is 2.38. The van der Waals surface area contributed by atoms with Crippen LogP contribution in [0.3, 0.4) is 0 Å². The fraction of sp³-hybridized carbons (Fsp3) is 0.529. The van der Waals surface area contributed by atoms with Crippen LogP contribution in [0.2, 0.25) is 0 Å². The molecular formula is C17H21F3N4. The summed E-state index contributed by atoms with van der Waals surface area (Å²) in [6.45, 7) is 4.21. The summed E-state index contributed by atoms with van der Waals surface area (Å²) >= 11 is 0. The number of alkyl halides is 3. The predicted molar refractivity (Wildman–Crippen MR) is 86.8 cm³/mol. The molecule has 130 valence electrons. The van der Waals surface area contributed by atoms with Crippen LogP contribution in [0.25, 0.3) is 5.69 Å². The van der Waals surface area contributed by atoms with E-state index in [1.165, 1.54) is 10.2 Å². The molecule has 0 N–H and O–H groups in total. The minimum atomic E-state index is -4.56. The fourth-order valence-electron chi connectivity index (χ4n) is 2.72. The number of halogens is 3. The molecule has 0 saturated heterocycles. The highest BCUT2D eigenvalue weighted by molar-refractivity contribution is 5.51. The van der Waals surface area contributed by atoms with Gasteiger partial charge in [-0.1, -0.05) is 26.0 Å². The second-order valence-corrected chi connectivity index (χ2v) is 6.79. The van der Waals surface area contributed by atoms with Gasteiger partial charge in [-0.25, -0.2) is 0 Å². The molecule has 0 radical (unpaired) electrons. The molecule has 3 rings (SSSR count). The van der Waals surface area contributed by atoms with Crippen molar-refractivity contribution in [3.05, 3.63) is 35.2 Å². The molecule has 2 aromatic rings. The Bertz CT molecular complexity index is 743. The molecule has 0 amide bonds. The van der Waals surface area contributed by atoms with E-state index < -0.39 is 12.0 Å². The van der Waals surface area contributed by atoms with Gasteiger partial charge in [0.1, 0.15) is 0 Å². The zero-order chi connectivity index (χ0) is 17.6. The standard InChI is InChI=1S/C17H21F3N4/c1-10(2)12-7-8-14(13(9-12)11-5-6-11)24-16(23(3)4)21-15(22-24)17(18,19)20/h7-11H,5-6H2,1-4H3. The Hall–Kier alpha value is -2.05. The molecule has 1 aromatic carbocycles. The number of hydrogen-bond donors (Lipinski definition) is 0. The van der Waals surface area contributed by atoms with Gasteiger partial charge in [0, 0.05) is 14.1 Å². The maximum absolute atomic E-state index is 13.0. The summed E-state index contributed by atoms with van der Waals surface area (Å²) in [7, 11) is 3.33. The van der Waals surface area contributed by atoms with Gasteiger partial charge in [0.2, 0.25) is 5.95 Å². The molecule has 1 aliphatic rings. The predicted octanol–water partition coefficient (Wildman–Crippen LogP) is 4.35. The minimum Gasteiger partial charge on any atom is -0.347 e. The van der Waals surface area contributed by atoms with Crippen molar-refractivity contribution in [2.45, 2.75) is 44.7 Å². The monoisotopic (exact) mass is 338 g/mol. The normalized spacial score (nSPS) is 15.2. The Morgan fingerprint density at radius 3 is 2.38 bits per heavy atom. The van der Waals surface area contributed by atoms with E-state index in [-0.39, 0.29) is 5.95 Å². The van der Waals surface area contributed by atoms with E-state index in [1.807, 2.05) is 12.1 Å². The van der Waals surface area contributed by atoms with Crippen LogP contribution in [-0.4, -0.2) is 28.9 Å². The highest BCUT2D eigenvalue weighted by atomic mass is 19.4. The quantitative estimate of drug-likeness (QED) is 0.831. The molecule has 0 atom stereocenters. The first-order valence-corrected chi connectivity index (χ1v) is 8.04. The average molecular weight is 338 g/mol. The van der Waals surface area contributed by atoms with Gasteiger partial charge < -0.3 is 4.90 Å². The largest absolute Gasteiger partial charge is 0.453 e. The molecule has 0 unspecified atom stereocenters. The molecule has 24 heavy (non-hydrogen) atoms. The molecule has 1 saturated carbocycles. The van der Waals surface area contributed by atoms with E-state index in [0.29, 0.717) is 17.5 Å². The molecule has 1 heterocycles. The van der Waals surface area contributed by atoms with Gasteiger partial charge >= 0.3 is 6.18 Å². The molecular weight excluding hydrogens is 317 g/mol. The first kappa shape index (κ1) is 16.8. The molecule has 0 aliphatic heterocycles. The van der Waals surface area contributed by atoms with Gasteiger partial charge in [-0.2, -0.15) is 22.8 Å². The lowest BCUT2D eigenvalue weighted by molar-refractivity contribution is -0.144. The van der Waals surface area contributed by atoms with Gasteiger partial charge in [0.25, 0.3) is 5.82 Å². The van der Waals surface area contributed by atoms with Crippen molar-refractivity contribution in [3.8, 4) is 5.69 Å². The van der Waals surface area contributed by atoms with Crippen molar-refractivity contribution in [1.82, 2.24) is 14.8 Å². The second-order valence-electron chi connectivity index (χ2n) is 6.79. The third kappa shape index (κ3) is 3.12. The Morgan fingerprint density at radius 2 is 1.88 bits per heavy atom. The number of hydrogen-bond acceptors (Lipinski definition) is 3. The van der Waals surface area contributed by atoms with Gasteiger partial charge in [0.15, 0.2) is 0 Å². The molecule has 0 bridgehead atoms. The summed E-state index contributed by atoms with van der Waals surface area (Å²) in [5.74, 6) is -0.166. The zero-order valence-electron chi connectivity index (χ0n) is 14.2. The van der Waals surface area contributed by atoms with Crippen molar-refractivity contribution in [2.24, 2.45) is 0 Å². The van der Waals surface area contributed by atoms with Crippen molar-refractivity contribution in [1.29, 1.82) is 0 Å². The Kier molecular flexibility index (Phi) is 4.05. The van der Waals surface area contributed by atoms with Gasteiger partial charge in [-0.15, -0.1) is 5.10 Å². The van der Waals surface area contributed by atoms with E-state index in [4.69, 9.17) is 0 Å². The third-order valence-electron chi connectivity index (χ3n) is 4.21. The van der Waals surface area contributed by atoms with Crippen molar-refractivity contribution in [2.75, 3.05) is 19.0 Å². The second kappa shape index (κ2) is 5.79. The zero-order valence-corrected chi connectivity index (χ0v) is 14.2. The summed E-state index contributed by atoms with van der Waals surface area (Å²) in [4.78, 5) is 5.24. The van der Waals surface area contributed by atoms with Crippen LogP contribution >= 0.6 is 0 Å². The molecule has 4 nitrogen and oxygen atoms in total. The first-order chi connectivity index (χ1) is 11.2. The summed E-state index contributed by atoms with van der Waals surface area (Å²) in [5, 5.41) is 3.76. The van der Waals surface area contributed by atoms with E-state index in [9.17, 15) is 13.2 Å². The smallest absolute Gasteiger partial charge is 0.347 e. The Morgan fingerprint density at radius 1 is 1.21 bits per heavy atom. The van der Waals surface area contributed by atoms with Crippen LogP contribution in [0.5, 0.6) is 0 Å². The van der Waals surface area contributed by atoms with Crippen molar-refractivity contribution >= 4 is 5.95 Å². The van der Waals surface area contributed by atoms with E-state index in [2.05, 4.69) is 30.0 Å². The third-order valence-corrected chi connectivity index (χ3v) is 4.21. The number of benzene rings is 1. The summed E-state index contributed by atoms with van der Waals surface area (Å²) in [6.07, 6.45) is -2.44. The number of aromatic nitrogens is 3. The minimum absolute atomic E-state index is 0.182. The number of rotatable bonds is 4. The van der Waals surface area contributed by atoms with Gasteiger partial charge in [-0.05, 0) is 41.9 Å². The maximum Gasteiger partial charge on any atom is 0.453 e. The van der Waals surface area contributed by atoms with Crippen LogP contribution < -0.4 is 4.90 Å². The van der Waals surface area contributed by atoms with Crippen LogP contribution in [0.4, 0.5) is 19.1 Å². The van der Waals surface area contributed by atoms with Crippen LogP contribution in [-0.2, 0) is 6.18 Å². The molecule has 1 aliphatic carbocycles. The Balaban J connectivity index is 2.16.